The number of hydrogen-bond donors (Lipinski definition) is 1. The molecule has 1 fully saturated rings. The van der Waals surface area contributed by atoms with E-state index in [4.69, 9.17) is 4.74 Å². The second-order valence-corrected chi connectivity index (χ2v) is 6.55. The number of esters is 1. The number of hydrogen-bond acceptors (Lipinski definition) is 5. The smallest absolute Gasteiger partial charge is 0.328 e. The molecule has 0 aliphatic carbocycles. The third kappa shape index (κ3) is 5.46. The molecule has 6 nitrogen and oxygen atoms in total. The van der Waals surface area contributed by atoms with E-state index in [0.717, 1.165) is 32.6 Å². The molecule has 0 aromatic heterocycles. The molecular weight excluding hydrogens is 318 g/mol. The summed E-state index contributed by atoms with van der Waals surface area (Å²) < 4.78 is 4.82. The molecule has 0 bridgehead atoms. The van der Waals surface area contributed by atoms with Gasteiger partial charge < -0.3 is 15.0 Å². The van der Waals surface area contributed by atoms with Crippen molar-refractivity contribution in [1.82, 2.24) is 10.2 Å². The first-order valence-corrected chi connectivity index (χ1v) is 8.94. The van der Waals surface area contributed by atoms with Gasteiger partial charge in [0.05, 0.1) is 13.7 Å². The number of ether oxygens (including phenoxy) is 1. The summed E-state index contributed by atoms with van der Waals surface area (Å²) >= 11 is 0. The average Bonchev–Trinajstić information content (AvgIpc) is 2.66. The molecule has 1 saturated heterocycles. The zero-order valence-corrected chi connectivity index (χ0v) is 15.4. The predicted molar refractivity (Wildman–Crippen MR) is 98.5 cm³/mol. The number of rotatable bonds is 7. The number of nitrogens with one attached hydrogen (secondary N) is 1. The lowest BCUT2D eigenvalue weighted by atomic mass is 9.99. The molecule has 1 aliphatic rings. The average molecular weight is 347 g/mol. The lowest BCUT2D eigenvalue weighted by Crippen LogP contribution is -2.52. The van der Waals surface area contributed by atoms with Crippen molar-refractivity contribution in [3.8, 4) is 0 Å². The number of carbonyl (C=O) groups is 2. The van der Waals surface area contributed by atoms with E-state index in [1.165, 1.54) is 12.8 Å². The highest BCUT2D eigenvalue weighted by Crippen LogP contribution is 2.15. The van der Waals surface area contributed by atoms with Crippen LogP contribution in [0.25, 0.3) is 0 Å². The van der Waals surface area contributed by atoms with Crippen LogP contribution in [0.2, 0.25) is 0 Å². The van der Waals surface area contributed by atoms with E-state index < -0.39 is 6.04 Å². The van der Waals surface area contributed by atoms with Gasteiger partial charge in [-0.05, 0) is 18.1 Å². The normalized spacial score (nSPS) is 17.6. The second kappa shape index (κ2) is 9.42. The third-order valence-electron chi connectivity index (χ3n) is 4.85. The molecule has 2 atom stereocenters. The van der Waals surface area contributed by atoms with Crippen molar-refractivity contribution in [2.45, 2.75) is 26.3 Å². The van der Waals surface area contributed by atoms with Crippen LogP contribution >= 0.6 is 0 Å². The van der Waals surface area contributed by atoms with Gasteiger partial charge in [-0.2, -0.15) is 0 Å². The molecular formula is C19H29N3O3. The maximum absolute atomic E-state index is 12.3. The first-order chi connectivity index (χ1) is 12.0. The molecule has 0 unspecified atom stereocenters. The zero-order chi connectivity index (χ0) is 18.2. The number of methoxy groups -OCH3 is 1. The Morgan fingerprint density at radius 1 is 1.16 bits per heavy atom. The van der Waals surface area contributed by atoms with Gasteiger partial charge in [-0.1, -0.05) is 38.5 Å². The van der Waals surface area contributed by atoms with E-state index in [1.807, 2.05) is 32.0 Å². The van der Waals surface area contributed by atoms with E-state index in [0.29, 0.717) is 6.54 Å². The number of carbonyl (C=O) groups excluding carboxylic acids is 2. The van der Waals surface area contributed by atoms with E-state index in [1.54, 1.807) is 0 Å². The largest absolute Gasteiger partial charge is 0.467 e. The lowest BCUT2D eigenvalue weighted by Gasteiger charge is -2.36. The molecule has 1 N–H and O–H groups in total. The third-order valence-corrected chi connectivity index (χ3v) is 4.85. The molecule has 1 aliphatic heterocycles. The van der Waals surface area contributed by atoms with Crippen molar-refractivity contribution >= 4 is 17.6 Å². The molecule has 1 aromatic carbocycles. The fourth-order valence-electron chi connectivity index (χ4n) is 3.02. The van der Waals surface area contributed by atoms with Crippen LogP contribution in [-0.2, 0) is 14.3 Å². The molecule has 1 aromatic rings. The Morgan fingerprint density at radius 2 is 1.80 bits per heavy atom. The van der Waals surface area contributed by atoms with Crippen LogP contribution in [0, 0.1) is 5.92 Å². The van der Waals surface area contributed by atoms with E-state index in [-0.39, 0.29) is 17.8 Å². The van der Waals surface area contributed by atoms with Crippen LogP contribution in [0.4, 0.5) is 5.69 Å². The van der Waals surface area contributed by atoms with Crippen molar-refractivity contribution in [3.63, 3.8) is 0 Å². The first kappa shape index (κ1) is 19.2. The summed E-state index contributed by atoms with van der Waals surface area (Å²) in [5.74, 6) is -0.452. The predicted octanol–water partition coefficient (Wildman–Crippen LogP) is 1.51. The standard InChI is InChI=1S/C19H29N3O3/c1-4-15(2)18(19(24)25-3)20-17(23)14-21-10-12-22(13-11-21)16-8-6-5-7-9-16/h5-9,15,18H,4,10-14H2,1-3H3,(H,20,23)/t15-,18+/m1/s1. The van der Waals surface area contributed by atoms with Gasteiger partial charge >= 0.3 is 5.97 Å². The molecule has 0 radical (unpaired) electrons. The van der Waals surface area contributed by atoms with Crippen LogP contribution in [-0.4, -0.2) is 62.7 Å². The Hall–Kier alpha value is -2.08. The van der Waals surface area contributed by atoms with Crippen LogP contribution in [0.15, 0.2) is 30.3 Å². The van der Waals surface area contributed by atoms with E-state index >= 15 is 0 Å². The summed E-state index contributed by atoms with van der Waals surface area (Å²) in [6.45, 7) is 7.69. The van der Waals surface area contributed by atoms with Gasteiger partial charge in [-0.15, -0.1) is 0 Å². The minimum absolute atomic E-state index is 0.0475. The van der Waals surface area contributed by atoms with Crippen molar-refractivity contribution in [1.29, 1.82) is 0 Å². The van der Waals surface area contributed by atoms with Gasteiger partial charge in [0.1, 0.15) is 6.04 Å². The number of amides is 1. The Balaban J connectivity index is 1.82. The molecule has 138 valence electrons. The molecule has 0 saturated carbocycles. The Bertz CT molecular complexity index is 556. The number of piperazine rings is 1. The molecule has 1 heterocycles. The fourth-order valence-corrected chi connectivity index (χ4v) is 3.02. The molecule has 2 rings (SSSR count). The van der Waals surface area contributed by atoms with Crippen molar-refractivity contribution in [2.75, 3.05) is 44.7 Å². The molecule has 0 spiro atoms. The quantitative estimate of drug-likeness (QED) is 0.758. The number of anilines is 1. The van der Waals surface area contributed by atoms with Gasteiger partial charge in [-0.25, -0.2) is 4.79 Å². The maximum atomic E-state index is 12.3. The molecule has 1 amide bonds. The van der Waals surface area contributed by atoms with Crippen LogP contribution in [0.5, 0.6) is 0 Å². The van der Waals surface area contributed by atoms with Gasteiger partial charge in [0.15, 0.2) is 0 Å². The van der Waals surface area contributed by atoms with Gasteiger partial charge in [-0.3, -0.25) is 9.69 Å². The van der Waals surface area contributed by atoms with Gasteiger partial charge in [0.25, 0.3) is 0 Å². The minimum Gasteiger partial charge on any atom is -0.467 e. The SMILES string of the molecule is CC[C@@H](C)[C@H](NC(=O)CN1CCN(c2ccccc2)CC1)C(=O)OC. The van der Waals surface area contributed by atoms with Crippen LogP contribution in [0.3, 0.4) is 0 Å². The zero-order valence-electron chi connectivity index (χ0n) is 15.4. The summed E-state index contributed by atoms with van der Waals surface area (Å²) in [6, 6.07) is 9.73. The van der Waals surface area contributed by atoms with Gasteiger partial charge in [0.2, 0.25) is 5.91 Å². The highest BCUT2D eigenvalue weighted by Gasteiger charge is 2.27. The second-order valence-electron chi connectivity index (χ2n) is 6.55. The number of para-hydroxylation sites is 1. The van der Waals surface area contributed by atoms with E-state index in [9.17, 15) is 9.59 Å². The highest BCUT2D eigenvalue weighted by molar-refractivity contribution is 5.85. The number of benzene rings is 1. The Morgan fingerprint density at radius 3 is 2.36 bits per heavy atom. The van der Waals surface area contributed by atoms with Crippen molar-refractivity contribution in [3.05, 3.63) is 30.3 Å². The highest BCUT2D eigenvalue weighted by atomic mass is 16.5. The van der Waals surface area contributed by atoms with Crippen LogP contribution in [0.1, 0.15) is 20.3 Å². The lowest BCUT2D eigenvalue weighted by molar-refractivity contribution is -0.146. The maximum Gasteiger partial charge on any atom is 0.328 e. The van der Waals surface area contributed by atoms with Crippen molar-refractivity contribution < 1.29 is 14.3 Å². The molecule has 6 heteroatoms. The number of nitrogens with zero attached hydrogens (tertiary/aromatic N) is 2. The first-order valence-electron chi connectivity index (χ1n) is 8.94. The Kier molecular flexibility index (Phi) is 7.25. The monoisotopic (exact) mass is 347 g/mol. The Labute approximate surface area is 150 Å². The minimum atomic E-state index is -0.576. The van der Waals surface area contributed by atoms with E-state index in [2.05, 4.69) is 27.2 Å². The summed E-state index contributed by atoms with van der Waals surface area (Å²) in [5, 5.41) is 2.84. The summed E-state index contributed by atoms with van der Waals surface area (Å²) in [5.41, 5.74) is 1.22. The van der Waals surface area contributed by atoms with Crippen molar-refractivity contribution in [2.24, 2.45) is 5.92 Å². The fraction of sp³-hybridized carbons (Fsp3) is 0.579. The summed E-state index contributed by atoms with van der Waals surface area (Å²) in [7, 11) is 1.35. The molecule has 25 heavy (non-hydrogen) atoms. The van der Waals surface area contributed by atoms with Crippen LogP contribution < -0.4 is 10.2 Å². The van der Waals surface area contributed by atoms with Gasteiger partial charge in [0, 0.05) is 31.9 Å². The summed E-state index contributed by atoms with van der Waals surface area (Å²) in [6.07, 6.45) is 0.801. The topological polar surface area (TPSA) is 61.9 Å². The summed E-state index contributed by atoms with van der Waals surface area (Å²) in [4.78, 5) is 28.7.